The van der Waals surface area contributed by atoms with Gasteiger partial charge in [-0.3, -0.25) is 0 Å². The third kappa shape index (κ3) is 2.40. The standard InChI is InChI=1S/C14H15NO/c1-10-6-4-5-7-13-9-12(3)16-14(13)15-11(2)8-10/h4,6-9H,2,5H2,1,3H3/b6-4-,10-8-,13-7-,15-14?. The van der Waals surface area contributed by atoms with E-state index in [1.807, 2.05) is 26.0 Å². The van der Waals surface area contributed by atoms with Crippen molar-refractivity contribution in [3.05, 3.63) is 58.7 Å². The number of allylic oxidation sites excluding steroid dienone is 4. The first-order valence-corrected chi connectivity index (χ1v) is 5.34. The van der Waals surface area contributed by atoms with Crippen LogP contribution in [-0.4, -0.2) is 0 Å². The lowest BCUT2D eigenvalue weighted by Gasteiger charge is -1.94. The topological polar surface area (TPSA) is 25.5 Å². The van der Waals surface area contributed by atoms with E-state index < -0.39 is 0 Å². The maximum absolute atomic E-state index is 5.53. The maximum Gasteiger partial charge on any atom is 0.226 e. The second kappa shape index (κ2) is 4.35. The summed E-state index contributed by atoms with van der Waals surface area (Å²) in [6.07, 6.45) is 9.14. The van der Waals surface area contributed by atoms with Gasteiger partial charge in [0, 0.05) is 5.22 Å². The summed E-state index contributed by atoms with van der Waals surface area (Å²) in [5.74, 6) is 0.877. The molecule has 2 rings (SSSR count). The molecular weight excluding hydrogens is 198 g/mol. The zero-order valence-corrected chi connectivity index (χ0v) is 9.66. The number of hydrogen-bond donors (Lipinski definition) is 0. The SMILES string of the molecule is C=C1/C=C(C)\C=C/C/C=c2/cc(C)oc2=N1. The highest BCUT2D eigenvalue weighted by atomic mass is 16.3. The first-order chi connectivity index (χ1) is 7.65. The summed E-state index contributed by atoms with van der Waals surface area (Å²) >= 11 is 0. The maximum atomic E-state index is 5.53. The Balaban J connectivity index is 2.63. The van der Waals surface area contributed by atoms with E-state index >= 15 is 0 Å². The van der Waals surface area contributed by atoms with Crippen LogP contribution < -0.4 is 10.8 Å². The molecule has 2 heteroatoms. The summed E-state index contributed by atoms with van der Waals surface area (Å²) in [5, 5.41) is 1.04. The Labute approximate surface area is 95.0 Å². The Morgan fingerprint density at radius 2 is 2.19 bits per heavy atom. The number of aryl methyl sites for hydroxylation is 1. The van der Waals surface area contributed by atoms with Gasteiger partial charge in [0.15, 0.2) is 0 Å². The molecule has 0 atom stereocenters. The van der Waals surface area contributed by atoms with Crippen LogP contribution in [0.1, 0.15) is 19.1 Å². The first-order valence-electron chi connectivity index (χ1n) is 5.34. The number of fused-ring (bicyclic) bond motifs is 1. The van der Waals surface area contributed by atoms with E-state index in [-0.39, 0.29) is 0 Å². The van der Waals surface area contributed by atoms with Crippen molar-refractivity contribution in [2.75, 3.05) is 0 Å². The number of hydrogen-bond acceptors (Lipinski definition) is 2. The minimum atomic E-state index is 0.654. The largest absolute Gasteiger partial charge is 0.443 e. The van der Waals surface area contributed by atoms with Crippen LogP contribution in [-0.2, 0) is 0 Å². The molecule has 0 unspecified atom stereocenters. The molecule has 0 amide bonds. The fraction of sp³-hybridized carbons (Fsp3) is 0.214. The van der Waals surface area contributed by atoms with E-state index in [0.29, 0.717) is 11.3 Å². The van der Waals surface area contributed by atoms with Gasteiger partial charge in [0.05, 0.1) is 5.70 Å². The molecule has 0 bridgehead atoms. The third-order valence-corrected chi connectivity index (χ3v) is 2.36. The van der Waals surface area contributed by atoms with Crippen molar-refractivity contribution in [2.45, 2.75) is 20.3 Å². The number of rotatable bonds is 0. The zero-order valence-electron chi connectivity index (χ0n) is 9.66. The van der Waals surface area contributed by atoms with Crippen LogP contribution in [0.4, 0.5) is 0 Å². The van der Waals surface area contributed by atoms with Crippen LogP contribution in [0.25, 0.3) is 6.08 Å². The highest BCUT2D eigenvalue weighted by Crippen LogP contribution is 2.04. The van der Waals surface area contributed by atoms with Gasteiger partial charge in [0.2, 0.25) is 5.55 Å². The van der Waals surface area contributed by atoms with E-state index in [0.717, 1.165) is 23.0 Å². The second-order valence-corrected chi connectivity index (χ2v) is 3.95. The fourth-order valence-electron chi connectivity index (χ4n) is 1.68. The zero-order chi connectivity index (χ0) is 11.5. The third-order valence-electron chi connectivity index (χ3n) is 2.36. The van der Waals surface area contributed by atoms with Gasteiger partial charge in [-0.2, -0.15) is 0 Å². The molecule has 0 saturated carbocycles. The predicted molar refractivity (Wildman–Crippen MR) is 65.3 cm³/mol. The molecule has 0 aliphatic carbocycles. The lowest BCUT2D eigenvalue weighted by atomic mass is 10.2. The van der Waals surface area contributed by atoms with Gasteiger partial charge in [-0.25, -0.2) is 4.99 Å². The molecule has 0 spiro atoms. The van der Waals surface area contributed by atoms with Crippen molar-refractivity contribution in [2.24, 2.45) is 4.99 Å². The Kier molecular flexibility index (Phi) is 2.91. The molecule has 0 aromatic carbocycles. The quantitative estimate of drug-likeness (QED) is 0.649. The minimum Gasteiger partial charge on any atom is -0.443 e. The van der Waals surface area contributed by atoms with Gasteiger partial charge in [-0.05, 0) is 38.0 Å². The Morgan fingerprint density at radius 3 is 3.00 bits per heavy atom. The average Bonchev–Trinajstić information content (AvgIpc) is 2.53. The van der Waals surface area contributed by atoms with Crippen LogP contribution in [0.2, 0.25) is 0 Å². The Bertz CT molecular complexity index is 585. The Morgan fingerprint density at radius 1 is 1.38 bits per heavy atom. The minimum absolute atomic E-state index is 0.654. The average molecular weight is 213 g/mol. The molecule has 0 saturated heterocycles. The van der Waals surface area contributed by atoms with Gasteiger partial charge >= 0.3 is 0 Å². The predicted octanol–water partition coefficient (Wildman–Crippen LogP) is 2.41. The van der Waals surface area contributed by atoms with E-state index in [1.165, 1.54) is 0 Å². The summed E-state index contributed by atoms with van der Waals surface area (Å²) in [6.45, 7) is 7.86. The monoisotopic (exact) mass is 213 g/mol. The Hall–Kier alpha value is -1.83. The van der Waals surface area contributed by atoms with Crippen molar-refractivity contribution in [1.82, 2.24) is 0 Å². The molecule has 2 heterocycles. The van der Waals surface area contributed by atoms with Crippen LogP contribution in [0.15, 0.2) is 51.6 Å². The highest BCUT2D eigenvalue weighted by Gasteiger charge is 1.97. The molecule has 82 valence electrons. The summed E-state index contributed by atoms with van der Waals surface area (Å²) in [7, 11) is 0. The van der Waals surface area contributed by atoms with E-state index in [2.05, 4.69) is 29.8 Å². The van der Waals surface area contributed by atoms with Crippen molar-refractivity contribution < 1.29 is 4.42 Å². The molecule has 1 aromatic rings. The molecule has 0 N–H and O–H groups in total. The lowest BCUT2D eigenvalue weighted by molar-refractivity contribution is 0.483. The number of furan rings is 1. The molecule has 2 nitrogen and oxygen atoms in total. The first kappa shape index (κ1) is 10.7. The van der Waals surface area contributed by atoms with E-state index in [4.69, 9.17) is 4.42 Å². The second-order valence-electron chi connectivity index (χ2n) is 3.95. The van der Waals surface area contributed by atoms with E-state index in [1.54, 1.807) is 0 Å². The van der Waals surface area contributed by atoms with Gasteiger partial charge < -0.3 is 4.42 Å². The van der Waals surface area contributed by atoms with Crippen molar-refractivity contribution in [3.8, 4) is 0 Å². The summed E-state index contributed by atoms with van der Waals surface area (Å²) in [5.41, 5.74) is 2.52. The van der Waals surface area contributed by atoms with Crippen LogP contribution >= 0.6 is 0 Å². The molecular formula is C14H15NO. The summed E-state index contributed by atoms with van der Waals surface area (Å²) in [4.78, 5) is 4.37. The van der Waals surface area contributed by atoms with E-state index in [9.17, 15) is 0 Å². The summed E-state index contributed by atoms with van der Waals surface area (Å²) < 4.78 is 5.53. The van der Waals surface area contributed by atoms with Crippen molar-refractivity contribution in [1.29, 1.82) is 0 Å². The highest BCUT2D eigenvalue weighted by molar-refractivity contribution is 5.32. The smallest absolute Gasteiger partial charge is 0.226 e. The normalized spacial score (nSPS) is 23.2. The summed E-state index contributed by atoms with van der Waals surface area (Å²) in [6, 6.07) is 2.00. The van der Waals surface area contributed by atoms with Gasteiger partial charge in [0.1, 0.15) is 5.76 Å². The van der Waals surface area contributed by atoms with Crippen molar-refractivity contribution in [3.63, 3.8) is 0 Å². The molecule has 1 aromatic heterocycles. The lowest BCUT2D eigenvalue weighted by Crippen LogP contribution is -2.19. The van der Waals surface area contributed by atoms with Crippen molar-refractivity contribution >= 4 is 6.08 Å². The molecule has 0 radical (unpaired) electrons. The van der Waals surface area contributed by atoms with Crippen LogP contribution in [0.5, 0.6) is 0 Å². The van der Waals surface area contributed by atoms with Crippen LogP contribution in [0.3, 0.4) is 0 Å². The van der Waals surface area contributed by atoms with Crippen LogP contribution in [0, 0.1) is 6.92 Å². The number of nitrogens with zero attached hydrogens (tertiary/aromatic N) is 1. The van der Waals surface area contributed by atoms with Gasteiger partial charge in [0.25, 0.3) is 0 Å². The molecule has 1 aliphatic rings. The molecule has 1 aliphatic heterocycles. The fourth-order valence-corrected chi connectivity index (χ4v) is 1.68. The van der Waals surface area contributed by atoms with Gasteiger partial charge in [-0.15, -0.1) is 0 Å². The van der Waals surface area contributed by atoms with Gasteiger partial charge in [-0.1, -0.05) is 24.8 Å². The molecule has 16 heavy (non-hydrogen) atoms. The molecule has 0 fully saturated rings.